The van der Waals surface area contributed by atoms with Crippen LogP contribution in [0.1, 0.15) is 31.7 Å². The summed E-state index contributed by atoms with van der Waals surface area (Å²) in [5.41, 5.74) is 0.989. The summed E-state index contributed by atoms with van der Waals surface area (Å²) in [4.78, 5) is 4.47. The van der Waals surface area contributed by atoms with Crippen molar-refractivity contribution in [2.75, 3.05) is 26.8 Å². The van der Waals surface area contributed by atoms with E-state index < -0.39 is 10.0 Å². The maximum Gasteiger partial charge on any atom is 0.240 e. The molecule has 0 unspecified atom stereocenters. The fourth-order valence-electron chi connectivity index (χ4n) is 2.21. The molecule has 148 valence electrons. The third-order valence-corrected chi connectivity index (χ3v) is 5.31. The zero-order valence-electron chi connectivity index (χ0n) is 15.3. The highest BCUT2D eigenvalue weighted by Gasteiger charge is 2.27. The molecule has 1 saturated carbocycles. The lowest BCUT2D eigenvalue weighted by Gasteiger charge is -2.12. The second-order valence-corrected chi connectivity index (χ2v) is 7.66. The van der Waals surface area contributed by atoms with Crippen molar-refractivity contribution in [1.82, 2.24) is 15.4 Å². The molecule has 0 aliphatic heterocycles. The summed E-state index contributed by atoms with van der Waals surface area (Å²) in [6.07, 6.45) is 2.77. The van der Waals surface area contributed by atoms with Crippen molar-refractivity contribution in [3.63, 3.8) is 0 Å². The van der Waals surface area contributed by atoms with E-state index in [0.29, 0.717) is 17.4 Å². The molecule has 1 fully saturated rings. The van der Waals surface area contributed by atoms with E-state index in [1.165, 1.54) is 0 Å². The van der Waals surface area contributed by atoms with E-state index in [2.05, 4.69) is 20.3 Å². The van der Waals surface area contributed by atoms with Crippen molar-refractivity contribution in [2.45, 2.75) is 43.7 Å². The molecule has 0 radical (unpaired) electrons. The van der Waals surface area contributed by atoms with E-state index in [1.807, 2.05) is 19.1 Å². The highest BCUT2D eigenvalue weighted by Crippen LogP contribution is 2.22. The molecule has 0 atom stereocenters. The standard InChI is InChI=1S/C17H28N4O3S.HI/c1-3-24-12-4-11-19-17(18-2)20-13-14-5-9-16(10-6-14)25(22,23)21-15-7-8-15;/h5-6,9-10,15,21H,3-4,7-8,11-13H2,1-2H3,(H2,18,19,20);1H. The molecular formula is C17H29IN4O3S. The average Bonchev–Trinajstić information content (AvgIpc) is 3.41. The molecule has 9 heteroatoms. The molecule has 0 amide bonds. The Kier molecular flexibility index (Phi) is 10.4. The SMILES string of the molecule is CCOCCCNC(=NC)NCc1ccc(S(=O)(=O)NC2CC2)cc1.I. The van der Waals surface area contributed by atoms with Crippen LogP contribution in [0.2, 0.25) is 0 Å². The maximum absolute atomic E-state index is 12.1. The molecule has 1 aliphatic carbocycles. The molecule has 1 aromatic carbocycles. The van der Waals surface area contributed by atoms with Gasteiger partial charge >= 0.3 is 0 Å². The van der Waals surface area contributed by atoms with Crippen molar-refractivity contribution >= 4 is 40.0 Å². The maximum atomic E-state index is 12.1. The Hall–Kier alpha value is -0.910. The number of benzene rings is 1. The van der Waals surface area contributed by atoms with Gasteiger partial charge in [-0.2, -0.15) is 0 Å². The molecule has 0 aromatic heterocycles. The van der Waals surface area contributed by atoms with Crippen LogP contribution in [-0.2, 0) is 21.3 Å². The van der Waals surface area contributed by atoms with Crippen LogP contribution in [0.3, 0.4) is 0 Å². The highest BCUT2D eigenvalue weighted by molar-refractivity contribution is 14.0. The Balaban J connectivity index is 0.00000338. The van der Waals surface area contributed by atoms with Crippen molar-refractivity contribution < 1.29 is 13.2 Å². The number of sulfonamides is 1. The summed E-state index contributed by atoms with van der Waals surface area (Å²) < 4.78 is 32.2. The normalized spacial score (nSPS) is 14.6. The summed E-state index contributed by atoms with van der Waals surface area (Å²) in [6, 6.07) is 7.02. The fraction of sp³-hybridized carbons (Fsp3) is 0.588. The summed E-state index contributed by atoms with van der Waals surface area (Å²) >= 11 is 0. The quantitative estimate of drug-likeness (QED) is 0.199. The number of rotatable bonds is 10. The van der Waals surface area contributed by atoms with Gasteiger partial charge in [0, 0.05) is 39.4 Å². The Morgan fingerprint density at radius 1 is 1.23 bits per heavy atom. The molecular weight excluding hydrogens is 467 g/mol. The number of guanidine groups is 1. The lowest BCUT2D eigenvalue weighted by atomic mass is 10.2. The van der Waals surface area contributed by atoms with Gasteiger partial charge in [-0.3, -0.25) is 4.99 Å². The van der Waals surface area contributed by atoms with Crippen LogP contribution in [0.5, 0.6) is 0 Å². The van der Waals surface area contributed by atoms with Crippen LogP contribution < -0.4 is 15.4 Å². The first-order chi connectivity index (χ1) is 12.0. The Morgan fingerprint density at radius 3 is 2.50 bits per heavy atom. The summed E-state index contributed by atoms with van der Waals surface area (Å²) in [7, 11) is -1.67. The van der Waals surface area contributed by atoms with Gasteiger partial charge in [-0.25, -0.2) is 13.1 Å². The first-order valence-corrected chi connectivity index (χ1v) is 10.2. The number of halogens is 1. The average molecular weight is 496 g/mol. The zero-order valence-corrected chi connectivity index (χ0v) is 18.5. The summed E-state index contributed by atoms with van der Waals surface area (Å²) in [6.45, 7) is 4.79. The highest BCUT2D eigenvalue weighted by atomic mass is 127. The second-order valence-electron chi connectivity index (χ2n) is 5.94. The van der Waals surface area contributed by atoms with Crippen molar-refractivity contribution in [3.05, 3.63) is 29.8 Å². The number of hydrogen-bond donors (Lipinski definition) is 3. The Morgan fingerprint density at radius 2 is 1.92 bits per heavy atom. The molecule has 7 nitrogen and oxygen atoms in total. The lowest BCUT2D eigenvalue weighted by Crippen LogP contribution is -2.37. The molecule has 0 saturated heterocycles. The van der Waals surface area contributed by atoms with E-state index in [4.69, 9.17) is 4.74 Å². The number of nitrogens with zero attached hydrogens (tertiary/aromatic N) is 1. The number of hydrogen-bond acceptors (Lipinski definition) is 4. The van der Waals surface area contributed by atoms with Crippen molar-refractivity contribution in [2.24, 2.45) is 4.99 Å². The van der Waals surface area contributed by atoms with Crippen LogP contribution >= 0.6 is 24.0 Å². The van der Waals surface area contributed by atoms with Crippen LogP contribution in [-0.4, -0.2) is 47.2 Å². The van der Waals surface area contributed by atoms with Crippen LogP contribution in [0.25, 0.3) is 0 Å². The van der Waals surface area contributed by atoms with Crippen LogP contribution in [0.15, 0.2) is 34.2 Å². The third kappa shape index (κ3) is 8.19. The minimum atomic E-state index is -3.39. The zero-order chi connectivity index (χ0) is 18.1. The molecule has 3 N–H and O–H groups in total. The summed E-state index contributed by atoms with van der Waals surface area (Å²) in [5.74, 6) is 0.712. The summed E-state index contributed by atoms with van der Waals surface area (Å²) in [5, 5.41) is 6.43. The predicted octanol–water partition coefficient (Wildman–Crippen LogP) is 1.84. The predicted molar refractivity (Wildman–Crippen MR) is 115 cm³/mol. The van der Waals surface area contributed by atoms with E-state index in [0.717, 1.165) is 44.6 Å². The van der Waals surface area contributed by atoms with E-state index in [-0.39, 0.29) is 30.0 Å². The van der Waals surface area contributed by atoms with Crippen LogP contribution in [0.4, 0.5) is 0 Å². The first-order valence-electron chi connectivity index (χ1n) is 8.68. The molecule has 26 heavy (non-hydrogen) atoms. The fourth-order valence-corrected chi connectivity index (χ4v) is 3.51. The van der Waals surface area contributed by atoms with Crippen molar-refractivity contribution in [1.29, 1.82) is 0 Å². The molecule has 0 bridgehead atoms. The van der Waals surface area contributed by atoms with Gasteiger partial charge < -0.3 is 15.4 Å². The minimum Gasteiger partial charge on any atom is -0.382 e. The van der Waals surface area contributed by atoms with Gasteiger partial charge in [0.2, 0.25) is 10.0 Å². The second kappa shape index (κ2) is 11.7. The van der Waals surface area contributed by atoms with Gasteiger partial charge in [-0.05, 0) is 43.9 Å². The monoisotopic (exact) mass is 496 g/mol. The third-order valence-electron chi connectivity index (χ3n) is 3.78. The van der Waals surface area contributed by atoms with Gasteiger partial charge in [-0.1, -0.05) is 12.1 Å². The van der Waals surface area contributed by atoms with E-state index >= 15 is 0 Å². The largest absolute Gasteiger partial charge is 0.382 e. The smallest absolute Gasteiger partial charge is 0.240 e. The van der Waals surface area contributed by atoms with Gasteiger partial charge in [-0.15, -0.1) is 24.0 Å². The van der Waals surface area contributed by atoms with Gasteiger partial charge in [0.1, 0.15) is 0 Å². The number of ether oxygens (including phenoxy) is 1. The molecule has 1 aromatic rings. The van der Waals surface area contributed by atoms with Gasteiger partial charge in [0.05, 0.1) is 4.90 Å². The van der Waals surface area contributed by atoms with Crippen LogP contribution in [0, 0.1) is 0 Å². The van der Waals surface area contributed by atoms with E-state index in [1.54, 1.807) is 19.2 Å². The first kappa shape index (κ1) is 23.1. The molecule has 0 spiro atoms. The lowest BCUT2D eigenvalue weighted by molar-refractivity contribution is 0.145. The van der Waals surface area contributed by atoms with E-state index in [9.17, 15) is 8.42 Å². The van der Waals surface area contributed by atoms with Crippen molar-refractivity contribution in [3.8, 4) is 0 Å². The van der Waals surface area contributed by atoms with Gasteiger partial charge in [0.25, 0.3) is 0 Å². The minimum absolute atomic E-state index is 0. The Bertz CT molecular complexity index is 661. The number of aliphatic imine (C=N–C) groups is 1. The van der Waals surface area contributed by atoms with Gasteiger partial charge in [0.15, 0.2) is 5.96 Å². The number of nitrogens with one attached hydrogen (secondary N) is 3. The topological polar surface area (TPSA) is 91.8 Å². The molecule has 2 rings (SSSR count). The molecule has 0 heterocycles. The molecule has 1 aliphatic rings. The Labute approximate surface area is 173 Å².